The first-order chi connectivity index (χ1) is 9.75. The minimum atomic E-state index is 0.311. The Bertz CT molecular complexity index is 843. The molecule has 0 saturated heterocycles. The Hall–Kier alpha value is -1.10. The van der Waals surface area contributed by atoms with Crippen LogP contribution in [0.5, 0.6) is 0 Å². The van der Waals surface area contributed by atoms with Crippen LogP contribution < -0.4 is 0 Å². The van der Waals surface area contributed by atoms with Crippen molar-refractivity contribution in [1.29, 1.82) is 0 Å². The predicted molar refractivity (Wildman–Crippen MR) is 87.5 cm³/mol. The lowest BCUT2D eigenvalue weighted by atomic mass is 9.94. The fourth-order valence-electron chi connectivity index (χ4n) is 3.17. The van der Waals surface area contributed by atoms with E-state index in [4.69, 9.17) is 23.8 Å². The monoisotopic (exact) mass is 320 g/mol. The predicted octanol–water partition coefficient (Wildman–Crippen LogP) is 5.34. The third-order valence-electron chi connectivity index (χ3n) is 4.02. The summed E-state index contributed by atoms with van der Waals surface area (Å²) in [5, 5.41) is 2.94. The molecule has 20 heavy (non-hydrogen) atoms. The summed E-state index contributed by atoms with van der Waals surface area (Å²) in [7, 11) is 0. The lowest BCUT2D eigenvalue weighted by Crippen LogP contribution is -2.15. The minimum absolute atomic E-state index is 0.311. The first-order valence-electron chi connectivity index (χ1n) is 6.70. The molecule has 1 unspecified atom stereocenters. The van der Waals surface area contributed by atoms with E-state index in [1.54, 1.807) is 0 Å². The molecule has 3 aromatic rings. The second kappa shape index (κ2) is 4.72. The van der Waals surface area contributed by atoms with Gasteiger partial charge in [-0.15, -0.1) is 11.3 Å². The number of aromatic nitrogens is 2. The molecule has 0 amide bonds. The summed E-state index contributed by atoms with van der Waals surface area (Å²) in [6.07, 6.45) is 3.51. The molecule has 2 heterocycles. The van der Waals surface area contributed by atoms with Gasteiger partial charge in [-0.1, -0.05) is 17.7 Å². The van der Waals surface area contributed by atoms with Crippen molar-refractivity contribution in [2.45, 2.75) is 25.3 Å². The van der Waals surface area contributed by atoms with Gasteiger partial charge < -0.3 is 9.55 Å². The smallest absolute Gasteiger partial charge is 0.178 e. The fourth-order valence-corrected chi connectivity index (χ4v) is 4.74. The number of aromatic amines is 1. The Morgan fingerprint density at radius 3 is 3.15 bits per heavy atom. The van der Waals surface area contributed by atoms with Crippen LogP contribution in [0.3, 0.4) is 0 Å². The topological polar surface area (TPSA) is 20.7 Å². The minimum Gasteiger partial charge on any atom is -0.331 e. The number of H-pyrrole nitrogens is 1. The van der Waals surface area contributed by atoms with Gasteiger partial charge in [0.25, 0.3) is 0 Å². The van der Waals surface area contributed by atoms with E-state index in [0.717, 1.165) is 27.2 Å². The summed E-state index contributed by atoms with van der Waals surface area (Å²) >= 11 is 13.8. The number of hydrogen-bond acceptors (Lipinski definition) is 2. The molecule has 0 saturated carbocycles. The summed E-state index contributed by atoms with van der Waals surface area (Å²) in [6.45, 7) is 0. The van der Waals surface area contributed by atoms with Crippen molar-refractivity contribution in [1.82, 2.24) is 9.55 Å². The van der Waals surface area contributed by atoms with Gasteiger partial charge in [0.2, 0.25) is 0 Å². The van der Waals surface area contributed by atoms with Crippen LogP contribution in [0, 0.1) is 4.77 Å². The van der Waals surface area contributed by atoms with Gasteiger partial charge in [-0.05, 0) is 60.6 Å². The van der Waals surface area contributed by atoms with Gasteiger partial charge in [-0.2, -0.15) is 0 Å². The number of aryl methyl sites for hydroxylation is 1. The summed E-state index contributed by atoms with van der Waals surface area (Å²) < 4.78 is 2.97. The normalized spacial score (nSPS) is 18.4. The molecule has 4 rings (SSSR count). The van der Waals surface area contributed by atoms with Gasteiger partial charge in [0, 0.05) is 4.88 Å². The van der Waals surface area contributed by atoms with E-state index in [2.05, 4.69) is 21.0 Å². The molecule has 102 valence electrons. The van der Waals surface area contributed by atoms with Crippen LogP contribution >= 0.6 is 35.2 Å². The lowest BCUT2D eigenvalue weighted by Gasteiger charge is -2.24. The van der Waals surface area contributed by atoms with E-state index in [1.807, 2.05) is 29.5 Å². The number of thiophene rings is 1. The molecule has 0 spiro atoms. The van der Waals surface area contributed by atoms with Crippen molar-refractivity contribution < 1.29 is 0 Å². The Morgan fingerprint density at radius 2 is 2.25 bits per heavy atom. The Kier molecular flexibility index (Phi) is 2.98. The summed E-state index contributed by atoms with van der Waals surface area (Å²) in [5.74, 6) is 0. The van der Waals surface area contributed by atoms with Gasteiger partial charge in [0.05, 0.1) is 22.1 Å². The molecular formula is C15H13ClN2S2. The highest BCUT2D eigenvalue weighted by Crippen LogP contribution is 2.38. The largest absolute Gasteiger partial charge is 0.331 e. The quantitative estimate of drug-likeness (QED) is 0.600. The molecular weight excluding hydrogens is 308 g/mol. The fraction of sp³-hybridized carbons (Fsp3) is 0.267. The highest BCUT2D eigenvalue weighted by molar-refractivity contribution is 7.71. The Labute approximate surface area is 131 Å². The van der Waals surface area contributed by atoms with Crippen molar-refractivity contribution in [2.24, 2.45) is 0 Å². The molecule has 2 aromatic heterocycles. The number of para-hydroxylation sites is 1. The molecule has 0 radical (unpaired) electrons. The molecule has 5 heteroatoms. The number of fused-ring (bicyclic) bond motifs is 2. The van der Waals surface area contributed by atoms with Crippen LogP contribution in [0.4, 0.5) is 0 Å². The number of benzene rings is 1. The Balaban J connectivity index is 2.01. The van der Waals surface area contributed by atoms with E-state index in [1.165, 1.54) is 23.3 Å². The molecule has 2 nitrogen and oxygen atoms in total. The zero-order valence-electron chi connectivity index (χ0n) is 10.7. The van der Waals surface area contributed by atoms with E-state index in [0.29, 0.717) is 6.04 Å². The van der Waals surface area contributed by atoms with E-state index in [-0.39, 0.29) is 0 Å². The third kappa shape index (κ3) is 1.79. The average molecular weight is 321 g/mol. The van der Waals surface area contributed by atoms with Crippen LogP contribution in [-0.2, 0) is 6.42 Å². The molecule has 0 fully saturated rings. The van der Waals surface area contributed by atoms with Crippen LogP contribution in [-0.4, -0.2) is 9.55 Å². The average Bonchev–Trinajstić information content (AvgIpc) is 3.02. The summed E-state index contributed by atoms with van der Waals surface area (Å²) in [6, 6.07) is 8.47. The van der Waals surface area contributed by atoms with Gasteiger partial charge in [0.1, 0.15) is 0 Å². The van der Waals surface area contributed by atoms with Crippen LogP contribution in [0.15, 0.2) is 29.6 Å². The zero-order chi connectivity index (χ0) is 13.7. The van der Waals surface area contributed by atoms with Gasteiger partial charge in [0.15, 0.2) is 4.77 Å². The standard InChI is InChI=1S/C15H13ClN2S2/c16-10-3-1-4-11-14(10)18(15(19)17-11)12-5-2-6-13-9(12)7-8-20-13/h1,3-4,7-8,12H,2,5-6H2,(H,17,19). The van der Waals surface area contributed by atoms with Crippen LogP contribution in [0.1, 0.15) is 29.3 Å². The van der Waals surface area contributed by atoms with Gasteiger partial charge in [-0.25, -0.2) is 0 Å². The van der Waals surface area contributed by atoms with Gasteiger partial charge >= 0.3 is 0 Å². The maximum absolute atomic E-state index is 6.41. The molecule has 1 atom stereocenters. The second-order valence-electron chi connectivity index (χ2n) is 5.14. The highest BCUT2D eigenvalue weighted by atomic mass is 35.5. The molecule has 0 aliphatic heterocycles. The van der Waals surface area contributed by atoms with Crippen molar-refractivity contribution >= 4 is 46.2 Å². The summed E-state index contributed by atoms with van der Waals surface area (Å²) in [4.78, 5) is 4.78. The van der Waals surface area contributed by atoms with Crippen LogP contribution in [0.25, 0.3) is 11.0 Å². The number of nitrogens with one attached hydrogen (secondary N) is 1. The zero-order valence-corrected chi connectivity index (χ0v) is 13.1. The first kappa shape index (κ1) is 12.6. The Morgan fingerprint density at radius 1 is 1.35 bits per heavy atom. The van der Waals surface area contributed by atoms with Crippen molar-refractivity contribution in [2.75, 3.05) is 0 Å². The molecule has 1 N–H and O–H groups in total. The lowest BCUT2D eigenvalue weighted by molar-refractivity contribution is 0.501. The van der Waals surface area contributed by atoms with E-state index < -0.39 is 0 Å². The summed E-state index contributed by atoms with van der Waals surface area (Å²) in [5.41, 5.74) is 3.46. The second-order valence-corrected chi connectivity index (χ2v) is 6.94. The SMILES string of the molecule is S=c1[nH]c2cccc(Cl)c2n1C1CCCc2sccc21. The maximum atomic E-state index is 6.41. The number of rotatable bonds is 1. The number of imidazole rings is 1. The molecule has 1 aliphatic rings. The first-order valence-corrected chi connectivity index (χ1v) is 8.37. The van der Waals surface area contributed by atoms with Gasteiger partial charge in [-0.3, -0.25) is 0 Å². The van der Waals surface area contributed by atoms with Crippen molar-refractivity contribution in [3.63, 3.8) is 0 Å². The number of hydrogen-bond donors (Lipinski definition) is 1. The van der Waals surface area contributed by atoms with Crippen LogP contribution in [0.2, 0.25) is 5.02 Å². The molecule has 1 aliphatic carbocycles. The maximum Gasteiger partial charge on any atom is 0.178 e. The molecule has 0 bridgehead atoms. The van der Waals surface area contributed by atoms with E-state index >= 15 is 0 Å². The number of nitrogens with zero attached hydrogens (tertiary/aromatic N) is 1. The number of halogens is 1. The van der Waals surface area contributed by atoms with E-state index in [9.17, 15) is 0 Å². The highest BCUT2D eigenvalue weighted by Gasteiger charge is 2.25. The molecule has 1 aromatic carbocycles. The third-order valence-corrected chi connectivity index (χ3v) is 5.62. The van der Waals surface area contributed by atoms with Crippen molar-refractivity contribution in [3.05, 3.63) is 49.9 Å². The van der Waals surface area contributed by atoms with Crippen molar-refractivity contribution in [3.8, 4) is 0 Å².